The summed E-state index contributed by atoms with van der Waals surface area (Å²) in [6, 6.07) is 8.14. The van der Waals surface area contributed by atoms with Crippen LogP contribution in [0.5, 0.6) is 0 Å². The van der Waals surface area contributed by atoms with Crippen molar-refractivity contribution in [1.29, 1.82) is 0 Å². The number of likely N-dealkylation sites (tertiary alicyclic amines) is 1. The first kappa shape index (κ1) is 16.1. The zero-order valence-electron chi connectivity index (χ0n) is 13.5. The van der Waals surface area contributed by atoms with Crippen LogP contribution in [0.25, 0.3) is 0 Å². The van der Waals surface area contributed by atoms with Crippen LogP contribution >= 0.6 is 11.3 Å². The number of nitrogens with zero attached hydrogens (tertiary/aromatic N) is 2. The van der Waals surface area contributed by atoms with Crippen molar-refractivity contribution in [3.05, 3.63) is 46.3 Å². The van der Waals surface area contributed by atoms with Crippen LogP contribution in [0, 0.1) is 12.8 Å². The molecule has 0 aliphatic carbocycles. The van der Waals surface area contributed by atoms with Crippen molar-refractivity contribution >= 4 is 23.1 Å². The first-order valence-corrected chi connectivity index (χ1v) is 9.07. The van der Waals surface area contributed by atoms with Crippen molar-refractivity contribution in [2.24, 2.45) is 5.92 Å². The van der Waals surface area contributed by atoms with Crippen LogP contribution < -0.4 is 5.32 Å². The number of nitrogens with one attached hydrogen (secondary N) is 1. The second kappa shape index (κ2) is 7.70. The van der Waals surface area contributed by atoms with E-state index in [0.717, 1.165) is 44.5 Å². The first-order valence-electron chi connectivity index (χ1n) is 8.19. The topological polar surface area (TPSA) is 45.2 Å². The zero-order chi connectivity index (χ0) is 16.1. The number of amides is 1. The lowest BCUT2D eigenvalue weighted by molar-refractivity contribution is -0.121. The summed E-state index contributed by atoms with van der Waals surface area (Å²) in [7, 11) is 0. The maximum absolute atomic E-state index is 12.4. The highest BCUT2D eigenvalue weighted by atomic mass is 32.1. The van der Waals surface area contributed by atoms with Gasteiger partial charge < -0.3 is 10.2 Å². The number of carbonyl (C=O) groups excluding carboxylic acids is 1. The SMILES string of the molecule is Cc1ccnc(NC(=O)C2CCN(CCc3cccs3)CC2)c1. The van der Waals surface area contributed by atoms with Gasteiger partial charge in [-0.05, 0) is 68.4 Å². The normalized spacial score (nSPS) is 16.4. The van der Waals surface area contributed by atoms with Gasteiger partial charge in [0.2, 0.25) is 5.91 Å². The van der Waals surface area contributed by atoms with Crippen molar-refractivity contribution in [2.75, 3.05) is 25.0 Å². The van der Waals surface area contributed by atoms with Crippen molar-refractivity contribution < 1.29 is 4.79 Å². The number of anilines is 1. The van der Waals surface area contributed by atoms with Gasteiger partial charge in [-0.2, -0.15) is 0 Å². The van der Waals surface area contributed by atoms with Crippen LogP contribution in [0.2, 0.25) is 0 Å². The van der Waals surface area contributed by atoms with Gasteiger partial charge in [0.15, 0.2) is 0 Å². The van der Waals surface area contributed by atoms with E-state index in [4.69, 9.17) is 0 Å². The third-order valence-electron chi connectivity index (χ3n) is 4.38. The molecular weight excluding hydrogens is 306 g/mol. The molecule has 2 aromatic heterocycles. The number of thiophene rings is 1. The molecule has 0 aromatic carbocycles. The minimum Gasteiger partial charge on any atom is -0.310 e. The van der Waals surface area contributed by atoms with Gasteiger partial charge in [-0.1, -0.05) is 6.07 Å². The summed E-state index contributed by atoms with van der Waals surface area (Å²) in [6.07, 6.45) is 4.71. The summed E-state index contributed by atoms with van der Waals surface area (Å²) >= 11 is 1.82. The van der Waals surface area contributed by atoms with Gasteiger partial charge >= 0.3 is 0 Å². The number of hydrogen-bond donors (Lipinski definition) is 1. The van der Waals surface area contributed by atoms with Crippen LogP contribution in [-0.2, 0) is 11.2 Å². The molecule has 3 rings (SSSR count). The van der Waals surface area contributed by atoms with Crippen molar-refractivity contribution in [2.45, 2.75) is 26.2 Å². The fourth-order valence-corrected chi connectivity index (χ4v) is 3.67. The maximum atomic E-state index is 12.4. The standard InChI is InChI=1S/C18H23N3OS/c1-14-4-8-19-17(13-14)20-18(22)15-5-9-21(10-6-15)11-7-16-3-2-12-23-16/h2-4,8,12-13,15H,5-7,9-11H2,1H3,(H,19,20,22). The van der Waals surface area contributed by atoms with Gasteiger partial charge in [-0.15, -0.1) is 11.3 Å². The summed E-state index contributed by atoms with van der Waals surface area (Å²) < 4.78 is 0. The monoisotopic (exact) mass is 329 g/mol. The smallest absolute Gasteiger partial charge is 0.228 e. The number of piperidine rings is 1. The summed E-state index contributed by atoms with van der Waals surface area (Å²) in [5.41, 5.74) is 1.11. The van der Waals surface area contributed by atoms with Crippen LogP contribution in [-0.4, -0.2) is 35.4 Å². The summed E-state index contributed by atoms with van der Waals surface area (Å²) in [5.74, 6) is 0.881. The fourth-order valence-electron chi connectivity index (χ4n) is 2.97. The molecule has 3 heterocycles. The number of pyridine rings is 1. The Kier molecular flexibility index (Phi) is 5.41. The van der Waals surface area contributed by atoms with Gasteiger partial charge in [-0.3, -0.25) is 4.79 Å². The molecule has 2 aromatic rings. The lowest BCUT2D eigenvalue weighted by Gasteiger charge is -2.31. The minimum atomic E-state index is 0.107. The Balaban J connectivity index is 1.44. The number of aryl methyl sites for hydroxylation is 1. The number of aromatic nitrogens is 1. The number of carbonyl (C=O) groups is 1. The van der Waals surface area contributed by atoms with Crippen molar-refractivity contribution in [3.63, 3.8) is 0 Å². The Morgan fingerprint density at radius 2 is 2.22 bits per heavy atom. The predicted molar refractivity (Wildman–Crippen MR) is 94.8 cm³/mol. The third kappa shape index (κ3) is 4.62. The lowest BCUT2D eigenvalue weighted by Crippen LogP contribution is -2.39. The van der Waals surface area contributed by atoms with E-state index in [1.807, 2.05) is 30.4 Å². The maximum Gasteiger partial charge on any atom is 0.228 e. The molecule has 0 radical (unpaired) electrons. The Morgan fingerprint density at radius 3 is 2.91 bits per heavy atom. The largest absolute Gasteiger partial charge is 0.310 e. The van der Waals surface area contributed by atoms with Crippen LogP contribution in [0.1, 0.15) is 23.3 Å². The summed E-state index contributed by atoms with van der Waals surface area (Å²) in [5, 5.41) is 5.08. The Morgan fingerprint density at radius 1 is 1.39 bits per heavy atom. The highest BCUT2D eigenvalue weighted by Gasteiger charge is 2.25. The average Bonchev–Trinajstić information content (AvgIpc) is 3.07. The van der Waals surface area contributed by atoms with Crippen LogP contribution in [0.4, 0.5) is 5.82 Å². The third-order valence-corrected chi connectivity index (χ3v) is 5.32. The number of rotatable bonds is 5. The van der Waals surface area contributed by atoms with E-state index in [1.165, 1.54) is 4.88 Å². The molecule has 0 spiro atoms. The Labute approximate surface area is 141 Å². The Bertz CT molecular complexity index is 633. The molecular formula is C18H23N3OS. The first-order chi connectivity index (χ1) is 11.2. The molecule has 0 saturated carbocycles. The van der Waals surface area contributed by atoms with Crippen molar-refractivity contribution in [3.8, 4) is 0 Å². The summed E-state index contributed by atoms with van der Waals surface area (Å²) in [6.45, 7) is 5.10. The van der Waals surface area contributed by atoms with Gasteiger partial charge in [0.25, 0.3) is 0 Å². The highest BCUT2D eigenvalue weighted by Crippen LogP contribution is 2.20. The van der Waals surface area contributed by atoms with E-state index in [-0.39, 0.29) is 11.8 Å². The van der Waals surface area contributed by atoms with Crippen LogP contribution in [0.15, 0.2) is 35.8 Å². The molecule has 23 heavy (non-hydrogen) atoms. The Hall–Kier alpha value is -1.72. The molecule has 4 nitrogen and oxygen atoms in total. The van der Waals surface area contributed by atoms with E-state index in [2.05, 4.69) is 32.7 Å². The summed E-state index contributed by atoms with van der Waals surface area (Å²) in [4.78, 5) is 20.5. The molecule has 122 valence electrons. The van der Waals surface area contributed by atoms with Gasteiger partial charge in [0.05, 0.1) is 0 Å². The molecule has 1 aliphatic heterocycles. The average molecular weight is 329 g/mol. The van der Waals surface area contributed by atoms with E-state index >= 15 is 0 Å². The molecule has 0 bridgehead atoms. The molecule has 5 heteroatoms. The molecule has 1 fully saturated rings. The van der Waals surface area contributed by atoms with Gasteiger partial charge in [0.1, 0.15) is 5.82 Å². The van der Waals surface area contributed by atoms with Gasteiger partial charge in [0, 0.05) is 23.5 Å². The molecule has 0 unspecified atom stereocenters. The molecule has 1 saturated heterocycles. The van der Waals surface area contributed by atoms with E-state index in [1.54, 1.807) is 6.20 Å². The van der Waals surface area contributed by atoms with Gasteiger partial charge in [-0.25, -0.2) is 4.98 Å². The lowest BCUT2D eigenvalue weighted by atomic mass is 9.96. The zero-order valence-corrected chi connectivity index (χ0v) is 14.3. The second-order valence-electron chi connectivity index (χ2n) is 6.15. The second-order valence-corrected chi connectivity index (χ2v) is 7.19. The molecule has 1 aliphatic rings. The van der Waals surface area contributed by atoms with E-state index < -0.39 is 0 Å². The molecule has 0 atom stereocenters. The quantitative estimate of drug-likeness (QED) is 0.915. The fraction of sp³-hybridized carbons (Fsp3) is 0.444. The minimum absolute atomic E-state index is 0.107. The predicted octanol–water partition coefficient (Wildman–Crippen LogP) is 3.34. The highest BCUT2D eigenvalue weighted by molar-refractivity contribution is 7.09. The molecule has 1 N–H and O–H groups in total. The molecule has 1 amide bonds. The van der Waals surface area contributed by atoms with E-state index in [0.29, 0.717) is 5.82 Å². The van der Waals surface area contributed by atoms with Crippen LogP contribution in [0.3, 0.4) is 0 Å². The van der Waals surface area contributed by atoms with E-state index in [9.17, 15) is 4.79 Å². The van der Waals surface area contributed by atoms with Crippen molar-refractivity contribution in [1.82, 2.24) is 9.88 Å². The number of hydrogen-bond acceptors (Lipinski definition) is 4.